The van der Waals surface area contributed by atoms with Gasteiger partial charge in [-0.1, -0.05) is 6.07 Å². The molecule has 4 aromatic rings. The number of amides is 1. The number of carbonyl (C=O) groups is 1. The number of nitrogens with zero attached hydrogens (tertiary/aromatic N) is 3. The molecule has 0 radical (unpaired) electrons. The Morgan fingerprint density at radius 2 is 2.07 bits per heavy atom. The third kappa shape index (κ3) is 3.65. The second-order valence-electron chi connectivity index (χ2n) is 6.20. The smallest absolute Gasteiger partial charge is 0.335 e. The Balaban J connectivity index is 1.79. The maximum Gasteiger partial charge on any atom is 0.335 e. The van der Waals surface area contributed by atoms with Crippen LogP contribution in [0, 0.1) is 13.8 Å². The van der Waals surface area contributed by atoms with Gasteiger partial charge in [-0.05, 0) is 31.4 Å². The normalized spacial score (nSPS) is 10.8. The summed E-state index contributed by atoms with van der Waals surface area (Å²) >= 11 is 1.49. The highest BCUT2D eigenvalue weighted by molar-refractivity contribution is 7.13. The van der Waals surface area contributed by atoms with E-state index < -0.39 is 11.5 Å². The van der Waals surface area contributed by atoms with E-state index in [1.54, 1.807) is 19.9 Å². The van der Waals surface area contributed by atoms with Gasteiger partial charge in [0.25, 0.3) is 11.5 Å². The van der Waals surface area contributed by atoms with Crippen LogP contribution in [0.15, 0.2) is 56.0 Å². The molecule has 0 aliphatic rings. The number of hydrogen-bond acceptors (Lipinski definition) is 7. The Morgan fingerprint density at radius 3 is 2.72 bits per heavy atom. The zero-order chi connectivity index (χ0) is 20.5. The van der Waals surface area contributed by atoms with Gasteiger partial charge in [-0.3, -0.25) is 14.6 Å². The molecule has 4 heterocycles. The van der Waals surface area contributed by atoms with Gasteiger partial charge < -0.3 is 9.73 Å². The zero-order valence-electron chi connectivity index (χ0n) is 15.4. The minimum absolute atomic E-state index is 0.163. The molecule has 0 fully saturated rings. The van der Waals surface area contributed by atoms with E-state index in [9.17, 15) is 14.4 Å². The van der Waals surface area contributed by atoms with Crippen molar-refractivity contribution in [1.29, 1.82) is 0 Å². The van der Waals surface area contributed by atoms with Crippen LogP contribution in [0.3, 0.4) is 0 Å². The first-order valence-corrected chi connectivity index (χ1v) is 9.42. The van der Waals surface area contributed by atoms with Gasteiger partial charge in [-0.2, -0.15) is 9.78 Å². The summed E-state index contributed by atoms with van der Waals surface area (Å²) in [5.41, 5.74) is 0.988. The highest BCUT2D eigenvalue weighted by atomic mass is 32.1. The molecule has 146 valence electrons. The molecule has 0 aliphatic carbocycles. The molecule has 9 nitrogen and oxygen atoms in total. The Kier molecular flexibility index (Phi) is 4.69. The fraction of sp³-hybridized carbons (Fsp3) is 0.105. The molecule has 0 unspecified atom stereocenters. The molecule has 0 aliphatic heterocycles. The standard InChI is InChI=1S/C19H15N5O4S/c1-10-11(2)20-19(22-17(10)26)24-15(8-13(23-24)14-4-3-7-29-14)21-18(27)12-5-6-16(25)28-9-12/h3-9H,1-2H3,(H,21,27)(H,20,22,26). The van der Waals surface area contributed by atoms with E-state index in [1.807, 2.05) is 17.5 Å². The third-order valence-corrected chi connectivity index (χ3v) is 5.16. The molecule has 1 amide bonds. The van der Waals surface area contributed by atoms with Crippen LogP contribution in [-0.4, -0.2) is 25.7 Å². The van der Waals surface area contributed by atoms with E-state index in [4.69, 9.17) is 4.42 Å². The van der Waals surface area contributed by atoms with Gasteiger partial charge in [-0.25, -0.2) is 9.78 Å². The molecule has 0 aromatic carbocycles. The number of nitrogens with one attached hydrogen (secondary N) is 2. The first kappa shape index (κ1) is 18.6. The summed E-state index contributed by atoms with van der Waals surface area (Å²) in [5, 5.41) is 9.14. The number of hydrogen-bond donors (Lipinski definition) is 2. The summed E-state index contributed by atoms with van der Waals surface area (Å²) < 4.78 is 6.10. The van der Waals surface area contributed by atoms with Crippen molar-refractivity contribution in [2.75, 3.05) is 5.32 Å². The molecule has 2 N–H and O–H groups in total. The predicted molar refractivity (Wildman–Crippen MR) is 108 cm³/mol. The highest BCUT2D eigenvalue weighted by Gasteiger charge is 2.18. The minimum Gasteiger partial charge on any atom is -0.430 e. The van der Waals surface area contributed by atoms with Crippen molar-refractivity contribution in [3.05, 3.63) is 79.6 Å². The maximum atomic E-state index is 12.6. The van der Waals surface area contributed by atoms with Gasteiger partial charge >= 0.3 is 5.63 Å². The van der Waals surface area contributed by atoms with E-state index in [-0.39, 0.29) is 17.1 Å². The van der Waals surface area contributed by atoms with Crippen molar-refractivity contribution < 1.29 is 9.21 Å². The summed E-state index contributed by atoms with van der Waals surface area (Å²) in [7, 11) is 0. The molecule has 4 aromatic heterocycles. The summed E-state index contributed by atoms with van der Waals surface area (Å²) in [4.78, 5) is 43.8. The Hall–Kier alpha value is -3.79. The molecule has 0 saturated carbocycles. The fourth-order valence-corrected chi connectivity index (χ4v) is 3.26. The number of rotatable bonds is 4. The van der Waals surface area contributed by atoms with Gasteiger partial charge in [0.1, 0.15) is 17.8 Å². The van der Waals surface area contributed by atoms with Gasteiger partial charge in [-0.15, -0.1) is 11.3 Å². The lowest BCUT2D eigenvalue weighted by atomic mass is 10.3. The Morgan fingerprint density at radius 1 is 1.24 bits per heavy atom. The molecule has 0 saturated heterocycles. The molecule has 29 heavy (non-hydrogen) atoms. The molecule has 0 spiro atoms. The van der Waals surface area contributed by atoms with Crippen LogP contribution < -0.4 is 16.5 Å². The van der Waals surface area contributed by atoms with Gasteiger partial charge in [0.2, 0.25) is 5.95 Å². The summed E-state index contributed by atoms with van der Waals surface area (Å²) in [6.45, 7) is 3.40. The first-order valence-electron chi connectivity index (χ1n) is 8.54. The lowest BCUT2D eigenvalue weighted by molar-refractivity contribution is 0.102. The van der Waals surface area contributed by atoms with E-state index in [1.165, 1.54) is 22.1 Å². The molecular weight excluding hydrogens is 394 g/mol. The van der Waals surface area contributed by atoms with Gasteiger partial charge in [0.15, 0.2) is 0 Å². The van der Waals surface area contributed by atoms with Gasteiger partial charge in [0.05, 0.1) is 10.4 Å². The number of anilines is 1. The van der Waals surface area contributed by atoms with Crippen LogP contribution in [0.1, 0.15) is 21.6 Å². The van der Waals surface area contributed by atoms with Crippen molar-refractivity contribution in [1.82, 2.24) is 19.7 Å². The van der Waals surface area contributed by atoms with Crippen LogP contribution in [0.4, 0.5) is 5.82 Å². The van der Waals surface area contributed by atoms with Crippen molar-refractivity contribution in [2.45, 2.75) is 13.8 Å². The van der Waals surface area contributed by atoms with Crippen LogP contribution in [0.5, 0.6) is 0 Å². The van der Waals surface area contributed by atoms with E-state index in [2.05, 4.69) is 20.4 Å². The van der Waals surface area contributed by atoms with E-state index in [0.717, 1.165) is 17.2 Å². The average Bonchev–Trinajstić information content (AvgIpc) is 3.36. The molecule has 0 atom stereocenters. The average molecular weight is 409 g/mol. The van der Waals surface area contributed by atoms with Crippen LogP contribution in [0.25, 0.3) is 16.5 Å². The highest BCUT2D eigenvalue weighted by Crippen LogP contribution is 2.27. The third-order valence-electron chi connectivity index (χ3n) is 4.27. The second kappa shape index (κ2) is 7.32. The van der Waals surface area contributed by atoms with Crippen LogP contribution in [-0.2, 0) is 0 Å². The van der Waals surface area contributed by atoms with Crippen molar-refractivity contribution in [3.63, 3.8) is 0 Å². The number of thiophene rings is 1. The summed E-state index contributed by atoms with van der Waals surface area (Å²) in [5.74, 6) is -0.0226. The molecule has 10 heteroatoms. The van der Waals surface area contributed by atoms with Crippen LogP contribution >= 0.6 is 11.3 Å². The van der Waals surface area contributed by atoms with Gasteiger partial charge in [0, 0.05) is 23.4 Å². The number of carbonyl (C=O) groups excluding carboxylic acids is 1. The number of H-pyrrole nitrogens is 1. The fourth-order valence-electron chi connectivity index (χ4n) is 2.58. The summed E-state index contributed by atoms with van der Waals surface area (Å²) in [6, 6.07) is 7.98. The Bertz CT molecular complexity index is 1300. The predicted octanol–water partition coefficient (Wildman–Crippen LogP) is 2.51. The number of aromatic amines is 1. The lowest BCUT2D eigenvalue weighted by Crippen LogP contribution is -2.21. The molecular formula is C19H15N5O4S. The maximum absolute atomic E-state index is 12.6. The van der Waals surface area contributed by atoms with Crippen molar-refractivity contribution in [3.8, 4) is 16.5 Å². The van der Waals surface area contributed by atoms with E-state index in [0.29, 0.717) is 22.8 Å². The SMILES string of the molecule is Cc1nc(-n2nc(-c3cccs3)cc2NC(=O)c2ccc(=O)oc2)[nH]c(=O)c1C. The van der Waals surface area contributed by atoms with E-state index >= 15 is 0 Å². The largest absolute Gasteiger partial charge is 0.430 e. The second-order valence-corrected chi connectivity index (χ2v) is 7.15. The minimum atomic E-state index is -0.552. The van der Waals surface area contributed by atoms with Crippen molar-refractivity contribution in [2.24, 2.45) is 0 Å². The topological polar surface area (TPSA) is 123 Å². The monoisotopic (exact) mass is 409 g/mol. The molecule has 0 bridgehead atoms. The first-order chi connectivity index (χ1) is 13.9. The molecule has 4 rings (SSSR count). The Labute approximate surface area is 167 Å². The zero-order valence-corrected chi connectivity index (χ0v) is 16.2. The summed E-state index contributed by atoms with van der Waals surface area (Å²) in [6.07, 6.45) is 1.08. The van der Waals surface area contributed by atoms with Crippen LogP contribution in [0.2, 0.25) is 0 Å². The number of aromatic nitrogens is 4. The quantitative estimate of drug-likeness (QED) is 0.534. The lowest BCUT2D eigenvalue weighted by Gasteiger charge is -2.09. The van der Waals surface area contributed by atoms with Crippen molar-refractivity contribution >= 4 is 23.1 Å². The number of aryl methyl sites for hydroxylation is 1.